The lowest BCUT2D eigenvalue weighted by molar-refractivity contribution is -0.133. The smallest absolute Gasteiger partial charge is 0.241 e. The van der Waals surface area contributed by atoms with Gasteiger partial charge < -0.3 is 4.90 Å². The summed E-state index contributed by atoms with van der Waals surface area (Å²) in [5.74, 6) is 1.16. The second kappa shape index (κ2) is 4.80. The minimum absolute atomic E-state index is 0.132. The van der Waals surface area contributed by atoms with Crippen LogP contribution in [0, 0.1) is 17.7 Å². The van der Waals surface area contributed by atoms with E-state index in [0.29, 0.717) is 23.4 Å². The van der Waals surface area contributed by atoms with Crippen molar-refractivity contribution in [2.45, 2.75) is 50.9 Å². The number of carbonyl (C=O) groups is 1. The number of nitrogens with one attached hydrogen (secondary N) is 1. The van der Waals surface area contributed by atoms with Gasteiger partial charge in [0.25, 0.3) is 0 Å². The van der Waals surface area contributed by atoms with Gasteiger partial charge in [-0.15, -0.1) is 0 Å². The summed E-state index contributed by atoms with van der Waals surface area (Å²) in [4.78, 5) is 14.6. The van der Waals surface area contributed by atoms with Gasteiger partial charge in [-0.25, -0.2) is 4.39 Å². The van der Waals surface area contributed by atoms with E-state index in [0.717, 1.165) is 0 Å². The van der Waals surface area contributed by atoms with Crippen LogP contribution in [0.2, 0.25) is 0 Å². The van der Waals surface area contributed by atoms with E-state index in [-0.39, 0.29) is 23.9 Å². The average molecular weight is 288 g/mol. The summed E-state index contributed by atoms with van der Waals surface area (Å²) in [5, 5.41) is 3.29. The number of benzene rings is 1. The fraction of sp³-hybridized carbons (Fsp3) is 0.588. The topological polar surface area (TPSA) is 32.3 Å². The van der Waals surface area contributed by atoms with Gasteiger partial charge in [0.05, 0.1) is 6.04 Å². The third kappa shape index (κ3) is 2.26. The summed E-state index contributed by atoms with van der Waals surface area (Å²) in [6, 6.07) is 6.89. The maximum Gasteiger partial charge on any atom is 0.241 e. The quantitative estimate of drug-likeness (QED) is 0.924. The Labute approximate surface area is 124 Å². The van der Waals surface area contributed by atoms with Crippen molar-refractivity contribution in [1.82, 2.24) is 10.2 Å². The summed E-state index contributed by atoms with van der Waals surface area (Å²) >= 11 is 0. The van der Waals surface area contributed by atoms with Crippen molar-refractivity contribution in [3.8, 4) is 0 Å². The molecule has 0 aromatic heterocycles. The number of hydrogen-bond donors (Lipinski definition) is 1. The van der Waals surface area contributed by atoms with Crippen molar-refractivity contribution in [3.05, 3.63) is 35.6 Å². The molecule has 4 heteroatoms. The lowest BCUT2D eigenvalue weighted by Crippen LogP contribution is -2.43. The highest BCUT2D eigenvalue weighted by Gasteiger charge is 2.51. The van der Waals surface area contributed by atoms with Gasteiger partial charge in [0.2, 0.25) is 5.91 Å². The first-order valence-electron chi connectivity index (χ1n) is 7.99. The van der Waals surface area contributed by atoms with Crippen molar-refractivity contribution in [2.24, 2.45) is 11.8 Å². The van der Waals surface area contributed by atoms with Crippen LogP contribution < -0.4 is 5.32 Å². The molecule has 112 valence electrons. The Hall–Kier alpha value is -1.42. The molecule has 2 saturated carbocycles. The molecule has 0 bridgehead atoms. The van der Waals surface area contributed by atoms with Crippen LogP contribution in [0.3, 0.4) is 0 Å². The van der Waals surface area contributed by atoms with Crippen LogP contribution in [0.25, 0.3) is 0 Å². The van der Waals surface area contributed by atoms with Gasteiger partial charge in [0.15, 0.2) is 0 Å². The lowest BCUT2D eigenvalue weighted by Gasteiger charge is -2.33. The molecular formula is C17H21FN2O. The summed E-state index contributed by atoms with van der Waals surface area (Å²) in [7, 11) is 0. The number of hydrogen-bond acceptors (Lipinski definition) is 2. The Morgan fingerprint density at radius 3 is 2.38 bits per heavy atom. The number of halogens is 1. The van der Waals surface area contributed by atoms with Crippen molar-refractivity contribution >= 4 is 5.91 Å². The molecule has 21 heavy (non-hydrogen) atoms. The molecule has 2 aliphatic carbocycles. The van der Waals surface area contributed by atoms with Crippen LogP contribution in [0.5, 0.6) is 0 Å². The van der Waals surface area contributed by atoms with E-state index >= 15 is 0 Å². The number of amides is 1. The molecule has 4 rings (SSSR count). The zero-order valence-electron chi connectivity index (χ0n) is 12.3. The molecule has 3 nitrogen and oxygen atoms in total. The highest BCUT2D eigenvalue weighted by atomic mass is 19.1. The van der Waals surface area contributed by atoms with E-state index in [2.05, 4.69) is 5.32 Å². The molecule has 0 radical (unpaired) electrons. The lowest BCUT2D eigenvalue weighted by atomic mass is 10.0. The Bertz CT molecular complexity index is 556. The van der Waals surface area contributed by atoms with Crippen LogP contribution >= 0.6 is 0 Å². The van der Waals surface area contributed by atoms with Crippen LogP contribution in [0.15, 0.2) is 24.3 Å². The molecule has 1 aromatic carbocycles. The predicted octanol–water partition coefficient (Wildman–Crippen LogP) is 2.83. The van der Waals surface area contributed by atoms with Crippen molar-refractivity contribution in [1.29, 1.82) is 0 Å². The largest absolute Gasteiger partial charge is 0.318 e. The van der Waals surface area contributed by atoms with Gasteiger partial charge in [0.1, 0.15) is 12.0 Å². The van der Waals surface area contributed by atoms with Gasteiger partial charge in [0, 0.05) is 11.6 Å². The Morgan fingerprint density at radius 2 is 1.81 bits per heavy atom. The first kappa shape index (κ1) is 13.3. The maximum absolute atomic E-state index is 14.2. The zero-order valence-corrected chi connectivity index (χ0v) is 12.3. The van der Waals surface area contributed by atoms with E-state index < -0.39 is 0 Å². The molecule has 1 aromatic rings. The van der Waals surface area contributed by atoms with Gasteiger partial charge in [-0.2, -0.15) is 0 Å². The van der Waals surface area contributed by atoms with E-state index in [9.17, 15) is 9.18 Å². The van der Waals surface area contributed by atoms with Crippen LogP contribution in [0.4, 0.5) is 4.39 Å². The Morgan fingerprint density at radius 1 is 1.19 bits per heavy atom. The highest BCUT2D eigenvalue weighted by Crippen LogP contribution is 2.50. The van der Waals surface area contributed by atoms with E-state index in [1.54, 1.807) is 12.1 Å². The van der Waals surface area contributed by atoms with Crippen LogP contribution in [-0.2, 0) is 4.79 Å². The molecule has 3 aliphatic rings. The second-order valence-electron chi connectivity index (χ2n) is 6.72. The molecule has 1 heterocycles. The first-order valence-corrected chi connectivity index (χ1v) is 7.99. The number of carbonyl (C=O) groups excluding carboxylic acids is 1. The first-order chi connectivity index (χ1) is 10.2. The molecule has 3 fully saturated rings. The molecule has 1 aliphatic heterocycles. The molecule has 1 N–H and O–H groups in total. The number of nitrogens with zero attached hydrogens (tertiary/aromatic N) is 1. The minimum atomic E-state index is -0.306. The van der Waals surface area contributed by atoms with Crippen molar-refractivity contribution < 1.29 is 9.18 Å². The molecule has 1 amide bonds. The van der Waals surface area contributed by atoms with Gasteiger partial charge in [-0.1, -0.05) is 18.2 Å². The fourth-order valence-electron chi connectivity index (χ4n) is 3.71. The van der Waals surface area contributed by atoms with E-state index in [4.69, 9.17) is 0 Å². The maximum atomic E-state index is 14.2. The monoisotopic (exact) mass is 288 g/mol. The van der Waals surface area contributed by atoms with Crippen molar-refractivity contribution in [2.75, 3.05) is 0 Å². The Kier molecular flexibility index (Phi) is 3.03. The third-order valence-electron chi connectivity index (χ3n) is 5.04. The summed E-state index contributed by atoms with van der Waals surface area (Å²) < 4.78 is 14.2. The van der Waals surface area contributed by atoms with Crippen molar-refractivity contribution in [3.63, 3.8) is 0 Å². The standard InChI is InChI=1S/C17H21FN2O/c1-10-17(21)20(15(11-6-7-11)12-8-9-12)16(19-10)13-4-2-3-5-14(13)18/h2-5,10-12,15-16,19H,6-9H2,1H3. The summed E-state index contributed by atoms with van der Waals surface area (Å²) in [5.41, 5.74) is 0.599. The molecule has 2 unspecified atom stereocenters. The SMILES string of the molecule is CC1NC(c2ccccc2F)N(C(C2CC2)C2CC2)C1=O. The van der Waals surface area contributed by atoms with Gasteiger partial charge >= 0.3 is 0 Å². The normalized spacial score (nSPS) is 29.5. The second-order valence-corrected chi connectivity index (χ2v) is 6.72. The van der Waals surface area contributed by atoms with Gasteiger partial charge in [-0.3, -0.25) is 10.1 Å². The number of rotatable bonds is 4. The molecule has 0 spiro atoms. The average Bonchev–Trinajstić information content (AvgIpc) is 3.36. The third-order valence-corrected chi connectivity index (χ3v) is 5.04. The Balaban J connectivity index is 1.71. The highest BCUT2D eigenvalue weighted by molar-refractivity contribution is 5.84. The van der Waals surface area contributed by atoms with E-state index in [1.807, 2.05) is 17.9 Å². The summed E-state index contributed by atoms with van der Waals surface area (Å²) in [6.07, 6.45) is 4.54. The van der Waals surface area contributed by atoms with Crippen LogP contribution in [-0.4, -0.2) is 22.9 Å². The minimum Gasteiger partial charge on any atom is -0.318 e. The fourth-order valence-corrected chi connectivity index (χ4v) is 3.71. The molecule has 1 saturated heterocycles. The predicted molar refractivity (Wildman–Crippen MR) is 77.8 cm³/mol. The zero-order chi connectivity index (χ0) is 14.6. The summed E-state index contributed by atoms with van der Waals surface area (Å²) in [6.45, 7) is 1.88. The van der Waals surface area contributed by atoms with Gasteiger partial charge in [-0.05, 0) is 50.5 Å². The van der Waals surface area contributed by atoms with E-state index in [1.165, 1.54) is 31.7 Å². The van der Waals surface area contributed by atoms with Crippen LogP contribution in [0.1, 0.15) is 44.3 Å². The molecular weight excluding hydrogens is 267 g/mol. The molecule has 2 atom stereocenters.